The van der Waals surface area contributed by atoms with E-state index in [4.69, 9.17) is 11.6 Å². The maximum absolute atomic E-state index is 12.4. The molecule has 1 aromatic carbocycles. The molecule has 1 N–H and O–H groups in total. The largest absolute Gasteiger partial charge is 0.339 e. The molecule has 0 radical (unpaired) electrons. The van der Waals surface area contributed by atoms with Crippen molar-refractivity contribution in [3.05, 3.63) is 40.9 Å². The number of rotatable bonds is 6. The molecule has 1 fully saturated rings. The summed E-state index contributed by atoms with van der Waals surface area (Å²) in [6.45, 7) is 1.58. The van der Waals surface area contributed by atoms with Gasteiger partial charge in [0.15, 0.2) is 0 Å². The molecule has 8 heteroatoms. The molecular formula is C17H24ClN3O3S. The van der Waals surface area contributed by atoms with Gasteiger partial charge >= 0.3 is 0 Å². The normalized spacial score (nSPS) is 18.9. The third-order valence-electron chi connectivity index (χ3n) is 4.13. The number of piperidine rings is 1. The van der Waals surface area contributed by atoms with Crippen LogP contribution in [-0.2, 0) is 15.0 Å². The van der Waals surface area contributed by atoms with E-state index >= 15 is 0 Å². The summed E-state index contributed by atoms with van der Waals surface area (Å²) in [5, 5.41) is 0.626. The Bertz CT molecular complexity index is 734. The van der Waals surface area contributed by atoms with E-state index in [1.54, 1.807) is 23.1 Å². The van der Waals surface area contributed by atoms with Gasteiger partial charge in [0.25, 0.3) is 10.2 Å². The van der Waals surface area contributed by atoms with E-state index in [0.717, 1.165) is 22.7 Å². The van der Waals surface area contributed by atoms with E-state index in [0.29, 0.717) is 24.7 Å². The summed E-state index contributed by atoms with van der Waals surface area (Å²) in [6.07, 6.45) is 5.05. The van der Waals surface area contributed by atoms with Crippen LogP contribution in [0.3, 0.4) is 0 Å². The SMILES string of the molecule is CN(C)S(=O)(=O)NCC1CCCN(C(=O)C=Cc2cccc(Cl)c2)C1. The molecule has 25 heavy (non-hydrogen) atoms. The van der Waals surface area contributed by atoms with Crippen molar-refractivity contribution in [1.82, 2.24) is 13.9 Å². The molecule has 1 unspecified atom stereocenters. The van der Waals surface area contributed by atoms with Crippen LogP contribution in [0.4, 0.5) is 0 Å². The first-order valence-electron chi connectivity index (χ1n) is 8.17. The molecule has 1 saturated heterocycles. The van der Waals surface area contributed by atoms with Gasteiger partial charge in [0.1, 0.15) is 0 Å². The summed E-state index contributed by atoms with van der Waals surface area (Å²) in [5.41, 5.74) is 0.869. The molecule has 1 aromatic rings. The number of nitrogens with zero attached hydrogens (tertiary/aromatic N) is 2. The summed E-state index contributed by atoms with van der Waals surface area (Å²) in [5.74, 6) is 0.0483. The standard InChI is InChI=1S/C17H24ClN3O3S/c1-20(2)25(23,24)19-12-15-6-4-10-21(13-15)17(22)9-8-14-5-3-7-16(18)11-14/h3,5,7-9,11,15,19H,4,6,10,12-13H2,1-2H3. The maximum Gasteiger partial charge on any atom is 0.278 e. The van der Waals surface area contributed by atoms with Crippen LogP contribution >= 0.6 is 11.6 Å². The molecule has 1 heterocycles. The highest BCUT2D eigenvalue weighted by atomic mass is 35.5. The first-order valence-corrected chi connectivity index (χ1v) is 9.99. The fourth-order valence-corrected chi connectivity index (χ4v) is 3.57. The van der Waals surface area contributed by atoms with Crippen molar-refractivity contribution in [2.45, 2.75) is 12.8 Å². The summed E-state index contributed by atoms with van der Waals surface area (Å²) in [7, 11) is -0.461. The lowest BCUT2D eigenvalue weighted by atomic mass is 9.98. The smallest absolute Gasteiger partial charge is 0.278 e. The monoisotopic (exact) mass is 385 g/mol. The fourth-order valence-electron chi connectivity index (χ4n) is 2.67. The summed E-state index contributed by atoms with van der Waals surface area (Å²) in [6, 6.07) is 7.29. The number of likely N-dealkylation sites (tertiary alicyclic amines) is 1. The van der Waals surface area contributed by atoms with Gasteiger partial charge in [0.05, 0.1) is 0 Å². The molecular weight excluding hydrogens is 362 g/mol. The highest BCUT2D eigenvalue weighted by Gasteiger charge is 2.24. The Morgan fingerprint density at radius 1 is 1.44 bits per heavy atom. The van der Waals surface area contributed by atoms with Crippen molar-refractivity contribution in [2.24, 2.45) is 5.92 Å². The van der Waals surface area contributed by atoms with Gasteiger partial charge in [-0.2, -0.15) is 12.7 Å². The Morgan fingerprint density at radius 3 is 2.88 bits per heavy atom. The molecule has 0 aliphatic carbocycles. The summed E-state index contributed by atoms with van der Waals surface area (Å²) in [4.78, 5) is 14.1. The Labute approximate surface area is 154 Å². The zero-order chi connectivity index (χ0) is 18.4. The molecule has 0 spiro atoms. The molecule has 1 amide bonds. The van der Waals surface area contributed by atoms with Crippen molar-refractivity contribution in [2.75, 3.05) is 33.7 Å². The third-order valence-corrected chi connectivity index (χ3v) is 5.86. The highest BCUT2D eigenvalue weighted by Crippen LogP contribution is 2.17. The van der Waals surface area contributed by atoms with E-state index in [-0.39, 0.29) is 11.8 Å². The number of carbonyl (C=O) groups excluding carboxylic acids is 1. The van der Waals surface area contributed by atoms with Gasteiger partial charge in [-0.25, -0.2) is 4.72 Å². The average Bonchev–Trinajstić information content (AvgIpc) is 2.58. The first kappa shape index (κ1) is 19.9. The van der Waals surface area contributed by atoms with Crippen molar-refractivity contribution >= 4 is 33.8 Å². The van der Waals surface area contributed by atoms with E-state index < -0.39 is 10.2 Å². The molecule has 138 valence electrons. The molecule has 0 aromatic heterocycles. The second-order valence-electron chi connectivity index (χ2n) is 6.32. The van der Waals surface area contributed by atoms with Crippen molar-refractivity contribution < 1.29 is 13.2 Å². The van der Waals surface area contributed by atoms with Gasteiger partial charge in [-0.1, -0.05) is 23.7 Å². The van der Waals surface area contributed by atoms with Crippen LogP contribution in [0.25, 0.3) is 6.08 Å². The molecule has 6 nitrogen and oxygen atoms in total. The topological polar surface area (TPSA) is 69.7 Å². The Kier molecular flexibility index (Phi) is 7.01. The zero-order valence-corrected chi connectivity index (χ0v) is 16.1. The highest BCUT2D eigenvalue weighted by molar-refractivity contribution is 7.87. The Balaban J connectivity index is 1.90. The molecule has 2 rings (SSSR count). The van der Waals surface area contributed by atoms with Crippen molar-refractivity contribution in [3.8, 4) is 0 Å². The van der Waals surface area contributed by atoms with Gasteiger partial charge in [0, 0.05) is 44.8 Å². The minimum atomic E-state index is -3.43. The van der Waals surface area contributed by atoms with Gasteiger partial charge in [-0.05, 0) is 42.5 Å². The van der Waals surface area contributed by atoms with E-state index in [9.17, 15) is 13.2 Å². The van der Waals surface area contributed by atoms with Gasteiger partial charge in [-0.3, -0.25) is 4.79 Å². The lowest BCUT2D eigenvalue weighted by molar-refractivity contribution is -0.127. The minimum Gasteiger partial charge on any atom is -0.339 e. The van der Waals surface area contributed by atoms with Crippen LogP contribution in [0.2, 0.25) is 5.02 Å². The van der Waals surface area contributed by atoms with Crippen LogP contribution in [0.15, 0.2) is 30.3 Å². The number of nitrogens with one attached hydrogen (secondary N) is 1. The summed E-state index contributed by atoms with van der Waals surface area (Å²) < 4.78 is 27.3. The van der Waals surface area contributed by atoms with E-state index in [1.807, 2.05) is 12.1 Å². The van der Waals surface area contributed by atoms with Crippen LogP contribution in [0.1, 0.15) is 18.4 Å². The second-order valence-corrected chi connectivity index (χ2v) is 8.72. The van der Waals surface area contributed by atoms with Crippen molar-refractivity contribution in [3.63, 3.8) is 0 Å². The van der Waals surface area contributed by atoms with Gasteiger partial charge < -0.3 is 4.90 Å². The fraction of sp³-hybridized carbons (Fsp3) is 0.471. The zero-order valence-electron chi connectivity index (χ0n) is 14.5. The molecule has 1 atom stereocenters. The van der Waals surface area contributed by atoms with E-state index in [2.05, 4.69) is 4.72 Å². The second kappa shape index (κ2) is 8.80. The Morgan fingerprint density at radius 2 is 2.20 bits per heavy atom. The van der Waals surface area contributed by atoms with Gasteiger partial charge in [0.2, 0.25) is 5.91 Å². The number of benzene rings is 1. The Hall–Kier alpha value is -1.41. The minimum absolute atomic E-state index is 0.0693. The summed E-state index contributed by atoms with van der Waals surface area (Å²) >= 11 is 5.93. The third kappa shape index (κ3) is 6.11. The van der Waals surface area contributed by atoms with Crippen LogP contribution in [-0.4, -0.2) is 57.3 Å². The van der Waals surface area contributed by atoms with Crippen LogP contribution in [0, 0.1) is 5.92 Å². The molecule has 1 aliphatic heterocycles. The number of halogens is 1. The average molecular weight is 386 g/mol. The van der Waals surface area contributed by atoms with Crippen molar-refractivity contribution in [1.29, 1.82) is 0 Å². The number of hydrogen-bond donors (Lipinski definition) is 1. The predicted molar refractivity (Wildman–Crippen MR) is 100 cm³/mol. The molecule has 0 saturated carbocycles. The quantitative estimate of drug-likeness (QED) is 0.761. The number of amides is 1. The first-order chi connectivity index (χ1) is 11.8. The lowest BCUT2D eigenvalue weighted by Gasteiger charge is -2.32. The van der Waals surface area contributed by atoms with E-state index in [1.165, 1.54) is 20.2 Å². The predicted octanol–water partition coefficient (Wildman–Crippen LogP) is 1.99. The lowest BCUT2D eigenvalue weighted by Crippen LogP contribution is -2.45. The number of hydrogen-bond acceptors (Lipinski definition) is 3. The van der Waals surface area contributed by atoms with Crippen LogP contribution in [0.5, 0.6) is 0 Å². The molecule has 1 aliphatic rings. The van der Waals surface area contributed by atoms with Gasteiger partial charge in [-0.15, -0.1) is 0 Å². The molecule has 0 bridgehead atoms. The van der Waals surface area contributed by atoms with Crippen LogP contribution < -0.4 is 4.72 Å². The number of carbonyl (C=O) groups is 1. The maximum atomic E-state index is 12.4.